The molecule has 1 heterocycles. The number of nitrogens with zero attached hydrogens (tertiary/aromatic N) is 1. The van der Waals surface area contributed by atoms with Crippen LogP contribution in [0.25, 0.3) is 0 Å². The number of hydrogen-bond acceptors (Lipinski definition) is 2. The van der Waals surface area contributed by atoms with E-state index in [0.29, 0.717) is 0 Å². The van der Waals surface area contributed by atoms with E-state index in [4.69, 9.17) is 0 Å². The molecule has 0 aromatic heterocycles. The van der Waals surface area contributed by atoms with Gasteiger partial charge in [0.2, 0.25) is 0 Å². The van der Waals surface area contributed by atoms with Crippen molar-refractivity contribution in [3.05, 3.63) is 35.4 Å². The highest BCUT2D eigenvalue weighted by Gasteiger charge is 2.18. The molecule has 1 amide bonds. The van der Waals surface area contributed by atoms with E-state index >= 15 is 0 Å². The molecule has 1 aliphatic heterocycles. The van der Waals surface area contributed by atoms with E-state index in [9.17, 15) is 4.79 Å². The molecule has 0 N–H and O–H groups in total. The fourth-order valence-corrected chi connectivity index (χ4v) is 2.78. The molecule has 0 unspecified atom stereocenters. The quantitative estimate of drug-likeness (QED) is 0.784. The Labute approximate surface area is 101 Å². The molecular formula is C13H17NOS. The second kappa shape index (κ2) is 5.39. The molecule has 0 atom stereocenters. The maximum absolute atomic E-state index is 12.2. The molecule has 1 aromatic rings. The average molecular weight is 235 g/mol. The van der Waals surface area contributed by atoms with Crippen LogP contribution in [-0.2, 0) is 6.42 Å². The van der Waals surface area contributed by atoms with Crippen molar-refractivity contribution in [3.63, 3.8) is 0 Å². The number of benzene rings is 1. The Morgan fingerprint density at radius 3 is 2.81 bits per heavy atom. The van der Waals surface area contributed by atoms with Crippen LogP contribution in [0, 0.1) is 0 Å². The van der Waals surface area contributed by atoms with Crippen molar-refractivity contribution in [1.29, 1.82) is 0 Å². The van der Waals surface area contributed by atoms with Crippen LogP contribution >= 0.6 is 11.8 Å². The summed E-state index contributed by atoms with van der Waals surface area (Å²) in [5.41, 5.74) is 2.07. The molecule has 0 radical (unpaired) electrons. The highest BCUT2D eigenvalue weighted by atomic mass is 32.2. The van der Waals surface area contributed by atoms with Crippen LogP contribution in [0.3, 0.4) is 0 Å². The standard InChI is InChI=1S/C13H17NOS/c1-2-11-4-3-5-12(10-11)13(15)14-6-8-16-9-7-14/h3-5,10H,2,6-9H2,1H3. The summed E-state index contributed by atoms with van der Waals surface area (Å²) in [6, 6.07) is 7.99. The maximum Gasteiger partial charge on any atom is 0.253 e. The first-order valence-electron chi connectivity index (χ1n) is 5.77. The SMILES string of the molecule is CCc1cccc(C(=O)N2CCSCC2)c1. The van der Waals surface area contributed by atoms with Crippen LogP contribution in [0.2, 0.25) is 0 Å². The first-order valence-corrected chi connectivity index (χ1v) is 6.92. The largest absolute Gasteiger partial charge is 0.337 e. The van der Waals surface area contributed by atoms with E-state index in [-0.39, 0.29) is 5.91 Å². The molecular weight excluding hydrogens is 218 g/mol. The summed E-state index contributed by atoms with van der Waals surface area (Å²) in [7, 11) is 0. The molecule has 2 rings (SSSR count). The minimum Gasteiger partial charge on any atom is -0.337 e. The zero-order valence-electron chi connectivity index (χ0n) is 9.61. The molecule has 86 valence electrons. The van der Waals surface area contributed by atoms with Crippen molar-refractivity contribution < 1.29 is 4.79 Å². The van der Waals surface area contributed by atoms with Crippen LogP contribution < -0.4 is 0 Å². The van der Waals surface area contributed by atoms with Crippen LogP contribution in [0.5, 0.6) is 0 Å². The molecule has 1 aliphatic rings. The summed E-state index contributed by atoms with van der Waals surface area (Å²) in [6.07, 6.45) is 0.983. The summed E-state index contributed by atoms with van der Waals surface area (Å²) < 4.78 is 0. The van der Waals surface area contributed by atoms with Gasteiger partial charge in [0.15, 0.2) is 0 Å². The fourth-order valence-electron chi connectivity index (χ4n) is 1.87. The molecule has 1 aromatic carbocycles. The molecule has 0 aliphatic carbocycles. The predicted molar refractivity (Wildman–Crippen MR) is 69.0 cm³/mol. The Morgan fingerprint density at radius 1 is 1.38 bits per heavy atom. The molecule has 1 saturated heterocycles. The lowest BCUT2D eigenvalue weighted by molar-refractivity contribution is 0.0772. The predicted octanol–water partition coefficient (Wildman–Crippen LogP) is 2.44. The molecule has 2 nitrogen and oxygen atoms in total. The van der Waals surface area contributed by atoms with Gasteiger partial charge in [-0.15, -0.1) is 0 Å². The third-order valence-corrected chi connectivity index (χ3v) is 3.82. The summed E-state index contributed by atoms with van der Waals surface area (Å²) in [5.74, 6) is 2.33. The van der Waals surface area contributed by atoms with Gasteiger partial charge in [-0.2, -0.15) is 11.8 Å². The van der Waals surface area contributed by atoms with Gasteiger partial charge in [-0.25, -0.2) is 0 Å². The lowest BCUT2D eigenvalue weighted by atomic mass is 10.1. The van der Waals surface area contributed by atoms with Gasteiger partial charge in [0.1, 0.15) is 0 Å². The summed E-state index contributed by atoms with van der Waals surface area (Å²) >= 11 is 1.93. The molecule has 1 fully saturated rings. The van der Waals surface area contributed by atoms with Gasteiger partial charge in [-0.3, -0.25) is 4.79 Å². The van der Waals surface area contributed by atoms with Gasteiger partial charge in [-0.1, -0.05) is 19.1 Å². The minimum absolute atomic E-state index is 0.190. The Bertz CT molecular complexity index is 372. The van der Waals surface area contributed by atoms with Crippen LogP contribution in [0.15, 0.2) is 24.3 Å². The Balaban J connectivity index is 2.12. The van der Waals surface area contributed by atoms with E-state index in [0.717, 1.165) is 36.6 Å². The van der Waals surface area contributed by atoms with Crippen molar-refractivity contribution in [2.45, 2.75) is 13.3 Å². The van der Waals surface area contributed by atoms with Gasteiger partial charge >= 0.3 is 0 Å². The summed E-state index contributed by atoms with van der Waals surface area (Å²) in [4.78, 5) is 14.1. The number of aryl methyl sites for hydroxylation is 1. The minimum atomic E-state index is 0.190. The molecule has 3 heteroatoms. The Morgan fingerprint density at radius 2 is 2.12 bits per heavy atom. The smallest absolute Gasteiger partial charge is 0.253 e. The third kappa shape index (κ3) is 2.59. The Kier molecular flexibility index (Phi) is 3.88. The van der Waals surface area contributed by atoms with Crippen molar-refractivity contribution in [1.82, 2.24) is 4.90 Å². The number of hydrogen-bond donors (Lipinski definition) is 0. The zero-order chi connectivity index (χ0) is 11.4. The summed E-state index contributed by atoms with van der Waals surface area (Å²) in [6.45, 7) is 3.89. The van der Waals surface area contributed by atoms with E-state index in [2.05, 4.69) is 13.0 Å². The number of thioether (sulfide) groups is 1. The van der Waals surface area contributed by atoms with Crippen molar-refractivity contribution in [2.75, 3.05) is 24.6 Å². The lowest BCUT2D eigenvalue weighted by Crippen LogP contribution is -2.37. The zero-order valence-corrected chi connectivity index (χ0v) is 10.4. The second-order valence-corrected chi connectivity index (χ2v) is 5.18. The van der Waals surface area contributed by atoms with Crippen LogP contribution in [-0.4, -0.2) is 35.4 Å². The molecule has 0 saturated carbocycles. The van der Waals surface area contributed by atoms with Gasteiger partial charge in [0.25, 0.3) is 5.91 Å². The number of carbonyl (C=O) groups is 1. The van der Waals surface area contributed by atoms with Crippen molar-refractivity contribution in [3.8, 4) is 0 Å². The normalized spacial score (nSPS) is 16.2. The van der Waals surface area contributed by atoms with E-state index < -0.39 is 0 Å². The summed E-state index contributed by atoms with van der Waals surface area (Å²) in [5, 5.41) is 0. The number of rotatable bonds is 2. The topological polar surface area (TPSA) is 20.3 Å². The van der Waals surface area contributed by atoms with Gasteiger partial charge in [0, 0.05) is 30.2 Å². The van der Waals surface area contributed by atoms with Gasteiger partial charge < -0.3 is 4.90 Å². The van der Waals surface area contributed by atoms with Gasteiger partial charge in [0.05, 0.1) is 0 Å². The molecule has 0 spiro atoms. The van der Waals surface area contributed by atoms with Crippen molar-refractivity contribution in [2.24, 2.45) is 0 Å². The van der Waals surface area contributed by atoms with Gasteiger partial charge in [-0.05, 0) is 24.1 Å². The monoisotopic (exact) mass is 235 g/mol. The highest BCUT2D eigenvalue weighted by molar-refractivity contribution is 7.99. The first kappa shape index (κ1) is 11.5. The van der Waals surface area contributed by atoms with Crippen molar-refractivity contribution >= 4 is 17.7 Å². The van der Waals surface area contributed by atoms with Crippen LogP contribution in [0.4, 0.5) is 0 Å². The third-order valence-electron chi connectivity index (χ3n) is 2.88. The first-order chi connectivity index (χ1) is 7.81. The van der Waals surface area contributed by atoms with Crippen LogP contribution in [0.1, 0.15) is 22.8 Å². The van der Waals surface area contributed by atoms with E-state index in [1.807, 2.05) is 34.9 Å². The fraction of sp³-hybridized carbons (Fsp3) is 0.462. The highest BCUT2D eigenvalue weighted by Crippen LogP contribution is 2.14. The number of carbonyl (C=O) groups excluding carboxylic acids is 1. The molecule has 16 heavy (non-hydrogen) atoms. The number of amides is 1. The van der Waals surface area contributed by atoms with E-state index in [1.54, 1.807) is 0 Å². The van der Waals surface area contributed by atoms with E-state index in [1.165, 1.54) is 5.56 Å². The molecule has 0 bridgehead atoms. The maximum atomic E-state index is 12.2. The average Bonchev–Trinajstić information content (AvgIpc) is 2.39. The Hall–Kier alpha value is -0.960. The lowest BCUT2D eigenvalue weighted by Gasteiger charge is -2.26. The second-order valence-electron chi connectivity index (χ2n) is 3.96.